The normalized spacial score (nSPS) is 9.56. The van der Waals surface area contributed by atoms with Gasteiger partial charge in [0.1, 0.15) is 11.8 Å². The number of aromatic hydroxyl groups is 1. The maximum absolute atomic E-state index is 11.1. The number of hydrogen-bond donors (Lipinski definition) is 2. The molecule has 0 heterocycles. The first kappa shape index (κ1) is 12.0. The smallest absolute Gasteiger partial charge is 0.310 e. The predicted molar refractivity (Wildman–Crippen MR) is 56.4 cm³/mol. The Morgan fingerprint density at radius 1 is 1.62 bits per heavy atom. The van der Waals surface area contributed by atoms with Crippen molar-refractivity contribution in [1.82, 2.24) is 0 Å². The topological polar surface area (TPSA) is 96.3 Å². The van der Waals surface area contributed by atoms with Crippen LogP contribution in [-0.2, 0) is 22.5 Å². The van der Waals surface area contributed by atoms with Gasteiger partial charge in [0.2, 0.25) is 0 Å². The van der Waals surface area contributed by atoms with Crippen LogP contribution in [0.2, 0.25) is 0 Å². The number of esters is 1. The highest BCUT2D eigenvalue weighted by molar-refractivity contribution is 5.74. The number of methoxy groups -OCH3 is 1. The van der Waals surface area contributed by atoms with Crippen LogP contribution in [0.15, 0.2) is 12.1 Å². The first-order chi connectivity index (χ1) is 7.63. The Labute approximate surface area is 93.1 Å². The molecule has 1 aromatic carbocycles. The molecule has 84 valence electrons. The highest BCUT2D eigenvalue weighted by Crippen LogP contribution is 2.26. The minimum absolute atomic E-state index is 0.0929. The molecule has 0 fully saturated rings. The van der Waals surface area contributed by atoms with E-state index in [-0.39, 0.29) is 24.3 Å². The van der Waals surface area contributed by atoms with Gasteiger partial charge in [-0.1, -0.05) is 6.07 Å². The van der Waals surface area contributed by atoms with E-state index in [0.717, 1.165) is 0 Å². The molecule has 1 rings (SSSR count). The second kappa shape index (κ2) is 5.14. The van der Waals surface area contributed by atoms with Crippen molar-refractivity contribution < 1.29 is 14.6 Å². The fourth-order valence-electron chi connectivity index (χ4n) is 1.37. The van der Waals surface area contributed by atoms with Gasteiger partial charge in [-0.05, 0) is 11.6 Å². The lowest BCUT2D eigenvalue weighted by molar-refractivity contribution is -0.139. The monoisotopic (exact) mass is 220 g/mol. The molecule has 0 aliphatic rings. The fraction of sp³-hybridized carbons (Fsp3) is 0.273. The number of rotatable bonds is 3. The van der Waals surface area contributed by atoms with E-state index in [1.54, 1.807) is 6.07 Å². The van der Waals surface area contributed by atoms with Gasteiger partial charge in [-0.25, -0.2) is 0 Å². The Balaban J connectivity index is 3.22. The Kier molecular flexibility index (Phi) is 3.86. The summed E-state index contributed by atoms with van der Waals surface area (Å²) in [7, 11) is 1.26. The third kappa shape index (κ3) is 2.30. The lowest BCUT2D eigenvalue weighted by atomic mass is 10.00. The van der Waals surface area contributed by atoms with Crippen molar-refractivity contribution in [2.75, 3.05) is 7.11 Å². The van der Waals surface area contributed by atoms with Crippen molar-refractivity contribution in [2.45, 2.75) is 13.0 Å². The molecule has 1 aromatic rings. The zero-order valence-corrected chi connectivity index (χ0v) is 8.86. The van der Waals surface area contributed by atoms with Gasteiger partial charge in [0.25, 0.3) is 0 Å². The van der Waals surface area contributed by atoms with Crippen molar-refractivity contribution in [3.05, 3.63) is 28.8 Å². The zero-order valence-electron chi connectivity index (χ0n) is 8.86. The fourth-order valence-corrected chi connectivity index (χ4v) is 1.37. The molecule has 0 bridgehead atoms. The van der Waals surface area contributed by atoms with E-state index in [0.29, 0.717) is 11.1 Å². The van der Waals surface area contributed by atoms with Gasteiger partial charge in [0, 0.05) is 12.1 Å². The molecule has 0 radical (unpaired) electrons. The summed E-state index contributed by atoms with van der Waals surface area (Å²) in [6, 6.07) is 4.93. The Morgan fingerprint density at radius 3 is 2.81 bits per heavy atom. The maximum Gasteiger partial charge on any atom is 0.310 e. The van der Waals surface area contributed by atoms with E-state index < -0.39 is 5.97 Å². The van der Waals surface area contributed by atoms with Crippen LogP contribution in [0.3, 0.4) is 0 Å². The maximum atomic E-state index is 11.1. The lowest BCUT2D eigenvalue weighted by Crippen LogP contribution is -2.10. The van der Waals surface area contributed by atoms with E-state index in [9.17, 15) is 9.90 Å². The van der Waals surface area contributed by atoms with Crippen molar-refractivity contribution in [3.63, 3.8) is 0 Å². The average molecular weight is 220 g/mol. The summed E-state index contributed by atoms with van der Waals surface area (Å²) in [5.74, 6) is -0.684. The summed E-state index contributed by atoms with van der Waals surface area (Å²) in [6.45, 7) is 0.186. The Morgan fingerprint density at radius 2 is 2.31 bits per heavy atom. The molecule has 0 aromatic heterocycles. The molecule has 0 atom stereocenters. The molecule has 16 heavy (non-hydrogen) atoms. The summed E-state index contributed by atoms with van der Waals surface area (Å²) in [4.78, 5) is 11.1. The molecule has 5 heteroatoms. The number of benzene rings is 1. The zero-order chi connectivity index (χ0) is 12.1. The molecule has 0 saturated carbocycles. The van der Waals surface area contributed by atoms with Gasteiger partial charge in [0.05, 0.1) is 19.1 Å². The van der Waals surface area contributed by atoms with Crippen molar-refractivity contribution in [2.24, 2.45) is 5.73 Å². The van der Waals surface area contributed by atoms with Crippen molar-refractivity contribution in [1.29, 1.82) is 5.26 Å². The minimum Gasteiger partial charge on any atom is -0.506 e. The summed E-state index contributed by atoms with van der Waals surface area (Å²) in [5.41, 5.74) is 6.59. The molecular weight excluding hydrogens is 208 g/mol. The highest BCUT2D eigenvalue weighted by atomic mass is 16.5. The number of hydrogen-bond acceptors (Lipinski definition) is 5. The van der Waals surface area contributed by atoms with Crippen LogP contribution in [0.4, 0.5) is 0 Å². The average Bonchev–Trinajstić information content (AvgIpc) is 2.31. The minimum atomic E-state index is -0.486. The van der Waals surface area contributed by atoms with Crippen LogP contribution < -0.4 is 5.73 Å². The van der Waals surface area contributed by atoms with Crippen molar-refractivity contribution in [3.8, 4) is 11.8 Å². The Hall–Kier alpha value is -2.06. The van der Waals surface area contributed by atoms with Crippen LogP contribution in [0.1, 0.15) is 16.7 Å². The number of ether oxygens (including phenoxy) is 1. The molecule has 0 amide bonds. The summed E-state index contributed by atoms with van der Waals surface area (Å²) >= 11 is 0. The number of nitrogens with zero attached hydrogens (tertiary/aromatic N) is 1. The summed E-state index contributed by atoms with van der Waals surface area (Å²) in [5, 5.41) is 18.5. The SMILES string of the molecule is COC(=O)Cc1c(CN)ccc(C#N)c1O. The van der Waals surface area contributed by atoms with Gasteiger partial charge in [-0.3, -0.25) is 4.79 Å². The highest BCUT2D eigenvalue weighted by Gasteiger charge is 2.15. The molecule has 0 saturated heterocycles. The quantitative estimate of drug-likeness (QED) is 0.720. The van der Waals surface area contributed by atoms with Gasteiger partial charge in [-0.15, -0.1) is 0 Å². The number of nitrogens with two attached hydrogens (primary N) is 1. The van der Waals surface area contributed by atoms with Gasteiger partial charge >= 0.3 is 5.97 Å². The summed E-state index contributed by atoms with van der Waals surface area (Å²) < 4.78 is 4.51. The van der Waals surface area contributed by atoms with E-state index in [4.69, 9.17) is 11.0 Å². The number of phenols is 1. The van der Waals surface area contributed by atoms with Crippen LogP contribution in [0.5, 0.6) is 5.75 Å². The van der Waals surface area contributed by atoms with Gasteiger partial charge < -0.3 is 15.6 Å². The van der Waals surface area contributed by atoms with Crippen LogP contribution in [-0.4, -0.2) is 18.2 Å². The van der Waals surface area contributed by atoms with E-state index in [2.05, 4.69) is 4.74 Å². The second-order valence-electron chi connectivity index (χ2n) is 3.17. The van der Waals surface area contributed by atoms with Crippen LogP contribution in [0.25, 0.3) is 0 Å². The first-order valence-corrected chi connectivity index (χ1v) is 4.64. The molecular formula is C11H12N2O3. The first-order valence-electron chi connectivity index (χ1n) is 4.64. The molecule has 3 N–H and O–H groups in total. The van der Waals surface area contributed by atoms with E-state index >= 15 is 0 Å². The molecule has 5 nitrogen and oxygen atoms in total. The number of carbonyl (C=O) groups is 1. The van der Waals surface area contributed by atoms with Gasteiger partial charge in [0.15, 0.2) is 0 Å². The molecule has 0 spiro atoms. The van der Waals surface area contributed by atoms with E-state index in [1.165, 1.54) is 13.2 Å². The Bertz CT molecular complexity index is 449. The lowest BCUT2D eigenvalue weighted by Gasteiger charge is -2.10. The largest absolute Gasteiger partial charge is 0.506 e. The summed E-state index contributed by atoms with van der Waals surface area (Å²) in [6.07, 6.45) is -0.0929. The number of carbonyl (C=O) groups excluding carboxylic acids is 1. The third-order valence-corrected chi connectivity index (χ3v) is 2.27. The van der Waals surface area contributed by atoms with E-state index in [1.807, 2.05) is 6.07 Å². The standard InChI is InChI=1S/C11H12N2O3/c1-16-10(14)4-9-7(5-12)2-3-8(6-13)11(9)15/h2-3,15H,4-5,12H2,1H3. The number of phenolic OH excluding ortho intramolecular Hbond substituents is 1. The van der Waals surface area contributed by atoms with Crippen LogP contribution >= 0.6 is 0 Å². The predicted octanol–water partition coefficient (Wildman–Crippen LogP) is 0.438. The molecule has 0 unspecified atom stereocenters. The third-order valence-electron chi connectivity index (χ3n) is 2.27. The van der Waals surface area contributed by atoms with Gasteiger partial charge in [-0.2, -0.15) is 5.26 Å². The molecule has 0 aliphatic carbocycles. The number of nitriles is 1. The molecule has 0 aliphatic heterocycles. The van der Waals surface area contributed by atoms with Crippen LogP contribution in [0, 0.1) is 11.3 Å². The van der Waals surface area contributed by atoms with Crippen molar-refractivity contribution >= 4 is 5.97 Å². The second-order valence-corrected chi connectivity index (χ2v) is 3.17.